The predicted molar refractivity (Wildman–Crippen MR) is 110 cm³/mol. The zero-order chi connectivity index (χ0) is 20.4. The van der Waals surface area contributed by atoms with Crippen LogP contribution in [0.5, 0.6) is 5.75 Å². The van der Waals surface area contributed by atoms with Gasteiger partial charge >= 0.3 is 5.97 Å². The topological polar surface area (TPSA) is 93.3 Å². The van der Waals surface area contributed by atoms with Gasteiger partial charge in [-0.1, -0.05) is 18.2 Å². The first-order valence-electron chi connectivity index (χ1n) is 9.04. The van der Waals surface area contributed by atoms with Crippen molar-refractivity contribution in [3.63, 3.8) is 0 Å². The number of hydrogen-bond acceptors (Lipinski definition) is 5. The average Bonchev–Trinajstić information content (AvgIpc) is 3.11. The molecule has 2 aromatic heterocycles. The first kappa shape index (κ1) is 18.5. The second-order valence-corrected chi connectivity index (χ2v) is 6.54. The molecule has 2 aromatic carbocycles. The fourth-order valence-corrected chi connectivity index (χ4v) is 3.20. The van der Waals surface area contributed by atoms with Crippen LogP contribution in [0.15, 0.2) is 54.6 Å². The number of aromatic amines is 1. The molecule has 0 aliphatic heterocycles. The van der Waals surface area contributed by atoms with Crippen LogP contribution in [0.1, 0.15) is 16.2 Å². The third-order valence-electron chi connectivity index (χ3n) is 4.56. The SMILES string of the molecule is COC(=O)c1cc2c([nH]c3ccc(NC(=O)COc4ccccc4)cc32)c(C)n1. The molecule has 7 nitrogen and oxygen atoms in total. The number of rotatable bonds is 5. The lowest BCUT2D eigenvalue weighted by atomic mass is 10.1. The van der Waals surface area contributed by atoms with E-state index < -0.39 is 5.97 Å². The Labute approximate surface area is 166 Å². The molecular weight excluding hydrogens is 370 g/mol. The highest BCUT2D eigenvalue weighted by molar-refractivity contribution is 6.11. The first-order chi connectivity index (χ1) is 14.0. The Kier molecular flexibility index (Phi) is 4.87. The van der Waals surface area contributed by atoms with E-state index in [1.54, 1.807) is 18.2 Å². The lowest BCUT2D eigenvalue weighted by Gasteiger charge is -2.07. The zero-order valence-electron chi connectivity index (χ0n) is 16.0. The first-order valence-corrected chi connectivity index (χ1v) is 9.04. The summed E-state index contributed by atoms with van der Waals surface area (Å²) in [6, 6.07) is 16.4. The number of H-pyrrole nitrogens is 1. The number of methoxy groups -OCH3 is 1. The molecular formula is C22H19N3O4. The Morgan fingerprint density at radius 1 is 1.07 bits per heavy atom. The van der Waals surface area contributed by atoms with E-state index in [4.69, 9.17) is 9.47 Å². The van der Waals surface area contributed by atoms with Gasteiger partial charge in [0.2, 0.25) is 0 Å². The minimum atomic E-state index is -0.494. The molecule has 0 aliphatic carbocycles. The lowest BCUT2D eigenvalue weighted by molar-refractivity contribution is -0.118. The number of carbonyl (C=O) groups excluding carboxylic acids is 2. The maximum absolute atomic E-state index is 12.2. The van der Waals surface area contributed by atoms with Crippen LogP contribution >= 0.6 is 0 Å². The van der Waals surface area contributed by atoms with E-state index in [9.17, 15) is 9.59 Å². The Hall–Kier alpha value is -3.87. The van der Waals surface area contributed by atoms with Crippen LogP contribution in [-0.4, -0.2) is 35.6 Å². The molecule has 0 fully saturated rings. The summed E-state index contributed by atoms with van der Waals surface area (Å²) in [7, 11) is 1.32. The molecule has 0 aliphatic rings. The smallest absolute Gasteiger partial charge is 0.356 e. The summed E-state index contributed by atoms with van der Waals surface area (Å²) in [5, 5.41) is 4.55. The van der Waals surface area contributed by atoms with Crippen LogP contribution in [0.25, 0.3) is 21.8 Å². The van der Waals surface area contributed by atoms with E-state index in [0.29, 0.717) is 17.1 Å². The number of aromatic nitrogens is 2. The third-order valence-corrected chi connectivity index (χ3v) is 4.56. The van der Waals surface area contributed by atoms with Gasteiger partial charge < -0.3 is 19.8 Å². The highest BCUT2D eigenvalue weighted by Crippen LogP contribution is 2.30. The summed E-state index contributed by atoms with van der Waals surface area (Å²) in [6.45, 7) is 1.74. The van der Waals surface area contributed by atoms with Gasteiger partial charge in [-0.2, -0.15) is 0 Å². The number of nitrogens with one attached hydrogen (secondary N) is 2. The number of fused-ring (bicyclic) bond motifs is 3. The molecule has 1 amide bonds. The highest BCUT2D eigenvalue weighted by Gasteiger charge is 2.15. The van der Waals surface area contributed by atoms with E-state index in [-0.39, 0.29) is 18.2 Å². The number of benzene rings is 2. The molecule has 2 heterocycles. The summed E-state index contributed by atoms with van der Waals surface area (Å²) in [6.07, 6.45) is 0. The molecule has 7 heteroatoms. The Balaban J connectivity index is 1.61. The van der Waals surface area contributed by atoms with E-state index in [0.717, 1.165) is 21.8 Å². The molecule has 0 saturated heterocycles. The van der Waals surface area contributed by atoms with Gasteiger partial charge in [0.25, 0.3) is 5.91 Å². The van der Waals surface area contributed by atoms with Crippen LogP contribution in [0.2, 0.25) is 0 Å². The van der Waals surface area contributed by atoms with Crippen molar-refractivity contribution in [1.82, 2.24) is 9.97 Å². The molecule has 4 rings (SSSR count). The van der Waals surface area contributed by atoms with Gasteiger partial charge in [0.05, 0.1) is 18.3 Å². The van der Waals surface area contributed by atoms with Crippen LogP contribution in [0, 0.1) is 6.92 Å². The van der Waals surface area contributed by atoms with Crippen LogP contribution in [0.4, 0.5) is 5.69 Å². The Morgan fingerprint density at radius 3 is 2.62 bits per heavy atom. The van der Waals surface area contributed by atoms with Gasteiger partial charge in [0, 0.05) is 22.0 Å². The predicted octanol–water partition coefficient (Wildman–Crippen LogP) is 3.83. The van der Waals surface area contributed by atoms with Gasteiger partial charge in [-0.05, 0) is 43.3 Å². The summed E-state index contributed by atoms with van der Waals surface area (Å²) >= 11 is 0. The number of amides is 1. The number of carbonyl (C=O) groups is 2. The lowest BCUT2D eigenvalue weighted by Crippen LogP contribution is -2.20. The number of pyridine rings is 1. The number of aryl methyl sites for hydroxylation is 1. The van der Waals surface area contributed by atoms with E-state index in [2.05, 4.69) is 15.3 Å². The van der Waals surface area contributed by atoms with Crippen molar-refractivity contribution in [2.45, 2.75) is 6.92 Å². The molecule has 0 radical (unpaired) electrons. The van der Waals surface area contributed by atoms with Crippen molar-refractivity contribution in [3.8, 4) is 5.75 Å². The van der Waals surface area contributed by atoms with Crippen LogP contribution in [0.3, 0.4) is 0 Å². The van der Waals surface area contributed by atoms with E-state index in [1.165, 1.54) is 7.11 Å². The molecule has 2 N–H and O–H groups in total. The second-order valence-electron chi connectivity index (χ2n) is 6.54. The Bertz CT molecular complexity index is 1220. The molecule has 0 spiro atoms. The molecule has 29 heavy (non-hydrogen) atoms. The molecule has 0 unspecified atom stereocenters. The van der Waals surface area contributed by atoms with Crippen molar-refractivity contribution in [2.24, 2.45) is 0 Å². The summed E-state index contributed by atoms with van der Waals surface area (Å²) in [4.78, 5) is 31.8. The standard InChI is InChI=1S/C22H19N3O4/c1-13-21-17(11-19(23-13)22(27)28-2)16-10-14(8-9-18(16)25-21)24-20(26)12-29-15-6-4-3-5-7-15/h3-11,25H,12H2,1-2H3,(H,24,26). The second kappa shape index (κ2) is 7.63. The fourth-order valence-electron chi connectivity index (χ4n) is 3.20. The number of anilines is 1. The number of para-hydroxylation sites is 1. The van der Waals surface area contributed by atoms with Gasteiger partial charge in [0.15, 0.2) is 6.61 Å². The minimum absolute atomic E-state index is 0.0918. The fraction of sp³-hybridized carbons (Fsp3) is 0.136. The van der Waals surface area contributed by atoms with Gasteiger partial charge in [-0.15, -0.1) is 0 Å². The summed E-state index contributed by atoms with van der Waals surface area (Å²) < 4.78 is 10.3. The van der Waals surface area contributed by atoms with Crippen molar-refractivity contribution in [3.05, 3.63) is 66.0 Å². The number of esters is 1. The van der Waals surface area contributed by atoms with E-state index in [1.807, 2.05) is 43.3 Å². The zero-order valence-corrected chi connectivity index (χ0v) is 16.0. The van der Waals surface area contributed by atoms with Crippen LogP contribution < -0.4 is 10.1 Å². The molecule has 0 atom stereocenters. The quantitative estimate of drug-likeness (QED) is 0.506. The van der Waals surface area contributed by atoms with Gasteiger partial charge in [0.1, 0.15) is 11.4 Å². The number of ether oxygens (including phenoxy) is 2. The van der Waals surface area contributed by atoms with Crippen molar-refractivity contribution < 1.29 is 19.1 Å². The van der Waals surface area contributed by atoms with Crippen LogP contribution in [-0.2, 0) is 9.53 Å². The molecule has 146 valence electrons. The largest absolute Gasteiger partial charge is 0.484 e. The maximum atomic E-state index is 12.2. The van der Waals surface area contributed by atoms with E-state index >= 15 is 0 Å². The average molecular weight is 389 g/mol. The maximum Gasteiger partial charge on any atom is 0.356 e. The summed E-state index contributed by atoms with van der Waals surface area (Å²) in [5.74, 6) is -0.124. The monoisotopic (exact) mass is 389 g/mol. The van der Waals surface area contributed by atoms with Crippen molar-refractivity contribution in [1.29, 1.82) is 0 Å². The minimum Gasteiger partial charge on any atom is -0.484 e. The summed E-state index contributed by atoms with van der Waals surface area (Å²) in [5.41, 5.74) is 3.29. The number of hydrogen-bond donors (Lipinski definition) is 2. The molecule has 0 saturated carbocycles. The van der Waals surface area contributed by atoms with Gasteiger partial charge in [-0.3, -0.25) is 4.79 Å². The van der Waals surface area contributed by atoms with Gasteiger partial charge in [-0.25, -0.2) is 9.78 Å². The molecule has 0 bridgehead atoms. The highest BCUT2D eigenvalue weighted by atomic mass is 16.5. The van der Waals surface area contributed by atoms with Crippen molar-refractivity contribution >= 4 is 39.4 Å². The normalized spacial score (nSPS) is 10.8. The third kappa shape index (κ3) is 3.75. The van der Waals surface area contributed by atoms with Crippen molar-refractivity contribution in [2.75, 3.05) is 19.0 Å². The number of nitrogens with zero attached hydrogens (tertiary/aromatic N) is 1. The molecule has 4 aromatic rings. The Morgan fingerprint density at radius 2 is 1.86 bits per heavy atom.